The highest BCUT2D eigenvalue weighted by atomic mass is 31.2. The Morgan fingerprint density at radius 2 is 1.87 bits per heavy atom. The van der Waals surface area contributed by atoms with E-state index >= 15 is 0 Å². The van der Waals surface area contributed by atoms with E-state index in [-0.39, 0.29) is 12.2 Å². The molecule has 0 spiro atoms. The van der Waals surface area contributed by atoms with Crippen molar-refractivity contribution in [1.29, 1.82) is 0 Å². The molecule has 0 aliphatic heterocycles. The summed E-state index contributed by atoms with van der Waals surface area (Å²) >= 11 is 0. The average Bonchev–Trinajstić information content (AvgIpc) is 2.13. The molecule has 0 saturated heterocycles. The quantitative estimate of drug-likeness (QED) is 0.438. The molecule has 0 fully saturated rings. The molecular formula is C9H17O5P. The van der Waals surface area contributed by atoms with Crippen molar-refractivity contribution in [2.24, 2.45) is 0 Å². The van der Waals surface area contributed by atoms with Gasteiger partial charge in [-0.15, -0.1) is 0 Å². The lowest BCUT2D eigenvalue weighted by Gasteiger charge is -2.16. The Balaban J connectivity index is 4.94. The standard InChI is InChI=1S/C9H17O5P/c1-5-14-9(10)7(3)6(2)8(4)15(11,12)13/h8H,5H2,1-4H3,(H2,11,12,13). The summed E-state index contributed by atoms with van der Waals surface area (Å²) in [4.78, 5) is 29.2. The van der Waals surface area contributed by atoms with E-state index in [1.165, 1.54) is 20.8 Å². The fraction of sp³-hybridized carbons (Fsp3) is 0.667. The number of allylic oxidation sites excluding steroid dienone is 1. The van der Waals surface area contributed by atoms with Gasteiger partial charge in [-0.05, 0) is 33.3 Å². The first-order chi connectivity index (χ1) is 6.71. The van der Waals surface area contributed by atoms with Gasteiger partial charge in [0.1, 0.15) is 0 Å². The molecule has 1 atom stereocenters. The summed E-state index contributed by atoms with van der Waals surface area (Å²) in [5, 5.41) is 0. The maximum Gasteiger partial charge on any atom is 0.333 e. The molecule has 0 rings (SSSR count). The van der Waals surface area contributed by atoms with Gasteiger partial charge in [0.05, 0.1) is 12.3 Å². The van der Waals surface area contributed by atoms with Gasteiger partial charge in [0, 0.05) is 5.57 Å². The zero-order valence-corrected chi connectivity index (χ0v) is 10.2. The third kappa shape index (κ3) is 4.16. The van der Waals surface area contributed by atoms with Crippen molar-refractivity contribution in [3.63, 3.8) is 0 Å². The fourth-order valence-corrected chi connectivity index (χ4v) is 1.66. The number of hydrogen-bond acceptors (Lipinski definition) is 3. The Labute approximate surface area is 89.3 Å². The fourth-order valence-electron chi connectivity index (χ4n) is 0.966. The van der Waals surface area contributed by atoms with Gasteiger partial charge in [-0.1, -0.05) is 0 Å². The molecule has 2 N–H and O–H groups in total. The van der Waals surface area contributed by atoms with Gasteiger partial charge < -0.3 is 14.5 Å². The number of rotatable bonds is 4. The van der Waals surface area contributed by atoms with E-state index in [1.54, 1.807) is 6.92 Å². The normalized spacial score (nSPS) is 15.6. The van der Waals surface area contributed by atoms with E-state index in [9.17, 15) is 9.36 Å². The predicted molar refractivity (Wildman–Crippen MR) is 56.5 cm³/mol. The molecule has 6 heteroatoms. The van der Waals surface area contributed by atoms with Crippen LogP contribution in [0.4, 0.5) is 0 Å². The van der Waals surface area contributed by atoms with Crippen LogP contribution in [0.2, 0.25) is 0 Å². The highest BCUT2D eigenvalue weighted by Gasteiger charge is 2.27. The van der Waals surface area contributed by atoms with Crippen LogP contribution in [0.3, 0.4) is 0 Å². The van der Waals surface area contributed by atoms with Gasteiger partial charge in [0.2, 0.25) is 0 Å². The molecule has 0 saturated carbocycles. The first-order valence-corrected chi connectivity index (χ1v) is 6.29. The van der Waals surface area contributed by atoms with E-state index in [1.807, 2.05) is 0 Å². The molecule has 0 aliphatic carbocycles. The molecule has 0 bridgehead atoms. The van der Waals surface area contributed by atoms with Crippen molar-refractivity contribution in [2.75, 3.05) is 6.61 Å². The number of ether oxygens (including phenoxy) is 1. The Morgan fingerprint density at radius 3 is 2.20 bits per heavy atom. The number of hydrogen-bond donors (Lipinski definition) is 2. The zero-order valence-electron chi connectivity index (χ0n) is 9.35. The van der Waals surface area contributed by atoms with Gasteiger partial charge in [-0.3, -0.25) is 4.57 Å². The summed E-state index contributed by atoms with van der Waals surface area (Å²) in [5.41, 5.74) is -0.337. The lowest BCUT2D eigenvalue weighted by Crippen LogP contribution is -2.13. The topological polar surface area (TPSA) is 83.8 Å². The van der Waals surface area contributed by atoms with Gasteiger partial charge in [-0.2, -0.15) is 0 Å². The van der Waals surface area contributed by atoms with E-state index in [4.69, 9.17) is 14.5 Å². The highest BCUT2D eigenvalue weighted by Crippen LogP contribution is 2.45. The van der Waals surface area contributed by atoms with Crippen molar-refractivity contribution < 1.29 is 23.9 Å². The molecule has 5 nitrogen and oxygen atoms in total. The van der Waals surface area contributed by atoms with Gasteiger partial charge >= 0.3 is 13.6 Å². The molecule has 0 radical (unpaired) electrons. The van der Waals surface area contributed by atoms with Crippen LogP contribution in [0, 0.1) is 0 Å². The molecular weight excluding hydrogens is 219 g/mol. The summed E-state index contributed by atoms with van der Waals surface area (Å²) in [5.74, 6) is -0.532. The monoisotopic (exact) mass is 236 g/mol. The van der Waals surface area contributed by atoms with Gasteiger partial charge in [-0.25, -0.2) is 4.79 Å². The van der Waals surface area contributed by atoms with Crippen molar-refractivity contribution in [3.8, 4) is 0 Å². The molecule has 88 valence electrons. The average molecular weight is 236 g/mol. The second kappa shape index (κ2) is 5.45. The zero-order chi connectivity index (χ0) is 12.2. The van der Waals surface area contributed by atoms with Gasteiger partial charge in [0.15, 0.2) is 0 Å². The van der Waals surface area contributed by atoms with Crippen LogP contribution >= 0.6 is 7.60 Å². The summed E-state index contributed by atoms with van der Waals surface area (Å²) in [7, 11) is -4.19. The van der Waals surface area contributed by atoms with E-state index in [2.05, 4.69) is 0 Å². The molecule has 0 aromatic carbocycles. The van der Waals surface area contributed by atoms with Crippen molar-refractivity contribution >= 4 is 13.6 Å². The lowest BCUT2D eigenvalue weighted by atomic mass is 10.1. The van der Waals surface area contributed by atoms with Crippen molar-refractivity contribution in [3.05, 3.63) is 11.1 Å². The van der Waals surface area contributed by atoms with Crippen molar-refractivity contribution in [1.82, 2.24) is 0 Å². The first-order valence-electron chi connectivity index (χ1n) is 4.61. The van der Waals surface area contributed by atoms with Crippen LogP contribution in [0.5, 0.6) is 0 Å². The second-order valence-corrected chi connectivity index (χ2v) is 5.25. The van der Waals surface area contributed by atoms with Crippen LogP contribution in [-0.2, 0) is 14.1 Å². The molecule has 15 heavy (non-hydrogen) atoms. The van der Waals surface area contributed by atoms with Gasteiger partial charge in [0.25, 0.3) is 0 Å². The summed E-state index contributed by atoms with van der Waals surface area (Å²) < 4.78 is 15.7. The van der Waals surface area contributed by atoms with Crippen LogP contribution in [0.25, 0.3) is 0 Å². The van der Waals surface area contributed by atoms with Crippen LogP contribution in [-0.4, -0.2) is 28.0 Å². The van der Waals surface area contributed by atoms with E-state index in [0.29, 0.717) is 5.57 Å². The summed E-state index contributed by atoms with van der Waals surface area (Å²) in [6.07, 6.45) is 0. The SMILES string of the molecule is CCOC(=O)C(C)=C(C)C(C)P(=O)(O)O. The molecule has 0 aliphatic rings. The number of carbonyl (C=O) groups is 1. The minimum absolute atomic E-state index is 0.244. The maximum atomic E-state index is 11.3. The maximum absolute atomic E-state index is 11.3. The molecule has 0 aromatic rings. The third-order valence-corrected chi connectivity index (χ3v) is 3.70. The smallest absolute Gasteiger partial charge is 0.333 e. The Kier molecular flexibility index (Phi) is 5.21. The second-order valence-electron chi connectivity index (χ2n) is 3.29. The highest BCUT2D eigenvalue weighted by molar-refractivity contribution is 7.52. The van der Waals surface area contributed by atoms with E-state index < -0.39 is 19.2 Å². The number of esters is 1. The third-order valence-electron chi connectivity index (χ3n) is 2.30. The van der Waals surface area contributed by atoms with Crippen LogP contribution < -0.4 is 0 Å². The molecule has 0 heterocycles. The minimum atomic E-state index is -4.19. The van der Waals surface area contributed by atoms with Crippen LogP contribution in [0.15, 0.2) is 11.1 Å². The molecule has 1 unspecified atom stereocenters. The largest absolute Gasteiger partial charge is 0.463 e. The Morgan fingerprint density at radius 1 is 1.40 bits per heavy atom. The summed E-state index contributed by atoms with van der Waals surface area (Å²) in [6, 6.07) is 0. The summed E-state index contributed by atoms with van der Waals surface area (Å²) in [6.45, 7) is 6.33. The Hall–Kier alpha value is -0.640. The van der Waals surface area contributed by atoms with Crippen molar-refractivity contribution in [2.45, 2.75) is 33.4 Å². The first kappa shape index (κ1) is 14.4. The van der Waals surface area contributed by atoms with Crippen LogP contribution in [0.1, 0.15) is 27.7 Å². The number of carbonyl (C=O) groups excluding carboxylic acids is 1. The Bertz CT molecular complexity index is 314. The van der Waals surface area contributed by atoms with E-state index in [0.717, 1.165) is 0 Å². The molecule has 0 aromatic heterocycles. The predicted octanol–water partition coefficient (Wildman–Crippen LogP) is 1.45. The molecule has 0 amide bonds. The lowest BCUT2D eigenvalue weighted by molar-refractivity contribution is -0.138. The minimum Gasteiger partial charge on any atom is -0.463 e.